The third-order valence-corrected chi connectivity index (χ3v) is 1.31. The molecule has 0 bridgehead atoms. The van der Waals surface area contributed by atoms with Crippen LogP contribution in [-0.4, -0.2) is 0 Å². The Morgan fingerprint density at radius 3 is 1.64 bits per heavy atom. The largest absolute Gasteiger partial charge is 0.467 e. The summed E-state index contributed by atoms with van der Waals surface area (Å²) < 4.78 is 5.45. The van der Waals surface area contributed by atoms with Crippen molar-refractivity contribution < 1.29 is 4.74 Å². The van der Waals surface area contributed by atoms with Gasteiger partial charge in [-0.05, 0) is 38.8 Å². The minimum absolute atomic E-state index is 0.995. The fourth-order valence-electron chi connectivity index (χ4n) is 0.912. The average molecular weight is 154 g/mol. The SMILES string of the molecule is CC/C=C(/C)O/C(C)=C\CC. The van der Waals surface area contributed by atoms with Crippen LogP contribution in [0.4, 0.5) is 0 Å². The molecule has 0 radical (unpaired) electrons. The first-order valence-corrected chi connectivity index (χ1v) is 4.22. The Balaban J connectivity index is 3.84. The summed E-state index contributed by atoms with van der Waals surface area (Å²) >= 11 is 0. The van der Waals surface area contributed by atoms with Crippen molar-refractivity contribution in [3.8, 4) is 0 Å². The molecule has 0 fully saturated rings. The van der Waals surface area contributed by atoms with Gasteiger partial charge in [0.1, 0.15) is 0 Å². The summed E-state index contributed by atoms with van der Waals surface area (Å²) in [7, 11) is 0. The minimum atomic E-state index is 0.995. The molecule has 0 saturated heterocycles. The molecule has 0 aromatic carbocycles. The minimum Gasteiger partial charge on any atom is -0.467 e. The van der Waals surface area contributed by atoms with E-state index in [4.69, 9.17) is 4.74 Å². The number of ether oxygens (including phenoxy) is 1. The smallest absolute Gasteiger partial charge is 0.0965 e. The topological polar surface area (TPSA) is 9.23 Å². The zero-order valence-electron chi connectivity index (χ0n) is 7.98. The van der Waals surface area contributed by atoms with Gasteiger partial charge in [-0.3, -0.25) is 0 Å². The van der Waals surface area contributed by atoms with Crippen LogP contribution >= 0.6 is 0 Å². The zero-order valence-corrected chi connectivity index (χ0v) is 7.98. The lowest BCUT2D eigenvalue weighted by Crippen LogP contribution is -1.85. The summed E-state index contributed by atoms with van der Waals surface area (Å²) in [6.07, 6.45) is 6.22. The van der Waals surface area contributed by atoms with Crippen molar-refractivity contribution in [2.75, 3.05) is 0 Å². The lowest BCUT2D eigenvalue weighted by molar-refractivity contribution is 0.306. The lowest BCUT2D eigenvalue weighted by Gasteiger charge is -2.04. The monoisotopic (exact) mass is 154 g/mol. The highest BCUT2D eigenvalue weighted by Crippen LogP contribution is 2.06. The van der Waals surface area contributed by atoms with Crippen molar-refractivity contribution >= 4 is 0 Å². The highest BCUT2D eigenvalue weighted by molar-refractivity contribution is 4.96. The molecule has 11 heavy (non-hydrogen) atoms. The summed E-state index contributed by atoms with van der Waals surface area (Å²) in [6.45, 7) is 8.17. The van der Waals surface area contributed by atoms with E-state index in [9.17, 15) is 0 Å². The van der Waals surface area contributed by atoms with Crippen LogP contribution in [0.1, 0.15) is 40.5 Å². The normalized spacial score (nSPS) is 13.5. The maximum Gasteiger partial charge on any atom is 0.0965 e. The lowest BCUT2D eigenvalue weighted by atomic mass is 10.4. The highest BCUT2D eigenvalue weighted by atomic mass is 16.5. The van der Waals surface area contributed by atoms with Crippen LogP contribution in [-0.2, 0) is 4.74 Å². The molecular formula is C10H18O. The molecular weight excluding hydrogens is 136 g/mol. The van der Waals surface area contributed by atoms with Gasteiger partial charge in [0.05, 0.1) is 11.5 Å². The average Bonchev–Trinajstić information content (AvgIpc) is 1.87. The van der Waals surface area contributed by atoms with Gasteiger partial charge in [0.15, 0.2) is 0 Å². The summed E-state index contributed by atoms with van der Waals surface area (Å²) in [5, 5.41) is 0. The molecule has 0 unspecified atom stereocenters. The fraction of sp³-hybridized carbons (Fsp3) is 0.600. The van der Waals surface area contributed by atoms with Crippen LogP contribution in [0.2, 0.25) is 0 Å². The molecule has 64 valence electrons. The number of rotatable bonds is 4. The van der Waals surface area contributed by atoms with Crippen molar-refractivity contribution in [3.63, 3.8) is 0 Å². The summed E-state index contributed by atoms with van der Waals surface area (Å²) in [6, 6.07) is 0. The molecule has 0 spiro atoms. The zero-order chi connectivity index (χ0) is 8.69. The van der Waals surface area contributed by atoms with E-state index in [1.54, 1.807) is 0 Å². The molecule has 0 aromatic rings. The molecule has 0 saturated carbocycles. The Labute approximate surface area is 69.8 Å². The van der Waals surface area contributed by atoms with Crippen LogP contribution in [0.25, 0.3) is 0 Å². The second-order valence-corrected chi connectivity index (χ2v) is 2.55. The molecule has 0 atom stereocenters. The Hall–Kier alpha value is -0.720. The van der Waals surface area contributed by atoms with Crippen molar-refractivity contribution in [2.24, 2.45) is 0 Å². The first kappa shape index (κ1) is 10.3. The highest BCUT2D eigenvalue weighted by Gasteiger charge is 1.89. The van der Waals surface area contributed by atoms with Crippen molar-refractivity contribution in [2.45, 2.75) is 40.5 Å². The second kappa shape index (κ2) is 6.02. The Morgan fingerprint density at radius 1 is 1.00 bits per heavy atom. The summed E-state index contributed by atoms with van der Waals surface area (Å²) in [4.78, 5) is 0. The molecule has 0 aromatic heterocycles. The molecule has 1 heteroatoms. The number of hydrogen-bond donors (Lipinski definition) is 0. The molecule has 0 aliphatic heterocycles. The number of hydrogen-bond acceptors (Lipinski definition) is 1. The van der Waals surface area contributed by atoms with E-state index >= 15 is 0 Å². The molecule has 0 aliphatic carbocycles. The van der Waals surface area contributed by atoms with Gasteiger partial charge >= 0.3 is 0 Å². The first-order valence-electron chi connectivity index (χ1n) is 4.22. The van der Waals surface area contributed by atoms with Gasteiger partial charge in [-0.2, -0.15) is 0 Å². The van der Waals surface area contributed by atoms with E-state index in [0.717, 1.165) is 24.4 Å². The molecule has 1 nitrogen and oxygen atoms in total. The number of allylic oxidation sites excluding steroid dienone is 4. The first-order chi connectivity index (χ1) is 5.20. The summed E-state index contributed by atoms with van der Waals surface area (Å²) in [5.41, 5.74) is 0. The Morgan fingerprint density at radius 2 is 1.36 bits per heavy atom. The standard InChI is InChI=1S/C10H18O/c1-5-7-9(3)11-10(4)8-6-2/h7-8H,5-6H2,1-4H3/b9-7-,10-8-. The molecule has 0 rings (SSSR count). The Kier molecular flexibility index (Phi) is 5.63. The maximum absolute atomic E-state index is 5.45. The van der Waals surface area contributed by atoms with E-state index in [1.807, 2.05) is 13.8 Å². The van der Waals surface area contributed by atoms with Crippen LogP contribution < -0.4 is 0 Å². The van der Waals surface area contributed by atoms with E-state index in [0.29, 0.717) is 0 Å². The van der Waals surface area contributed by atoms with Crippen molar-refractivity contribution in [1.82, 2.24) is 0 Å². The quantitative estimate of drug-likeness (QED) is 0.562. The van der Waals surface area contributed by atoms with E-state index in [2.05, 4.69) is 26.0 Å². The summed E-state index contributed by atoms with van der Waals surface area (Å²) in [5.74, 6) is 1.99. The Bertz CT molecular complexity index is 136. The van der Waals surface area contributed by atoms with Crippen LogP contribution in [0.5, 0.6) is 0 Å². The van der Waals surface area contributed by atoms with Crippen molar-refractivity contribution in [1.29, 1.82) is 0 Å². The van der Waals surface area contributed by atoms with Crippen LogP contribution in [0.15, 0.2) is 23.7 Å². The van der Waals surface area contributed by atoms with E-state index in [1.165, 1.54) is 0 Å². The second-order valence-electron chi connectivity index (χ2n) is 2.55. The van der Waals surface area contributed by atoms with Gasteiger partial charge in [0.25, 0.3) is 0 Å². The van der Waals surface area contributed by atoms with E-state index in [-0.39, 0.29) is 0 Å². The maximum atomic E-state index is 5.45. The third-order valence-electron chi connectivity index (χ3n) is 1.31. The molecule has 0 amide bonds. The van der Waals surface area contributed by atoms with Gasteiger partial charge in [-0.15, -0.1) is 0 Å². The third kappa shape index (κ3) is 5.71. The van der Waals surface area contributed by atoms with Crippen LogP contribution in [0.3, 0.4) is 0 Å². The molecule has 0 N–H and O–H groups in total. The van der Waals surface area contributed by atoms with Gasteiger partial charge in [-0.25, -0.2) is 0 Å². The van der Waals surface area contributed by atoms with Gasteiger partial charge in [0.2, 0.25) is 0 Å². The van der Waals surface area contributed by atoms with Gasteiger partial charge in [-0.1, -0.05) is 13.8 Å². The predicted octanol–water partition coefficient (Wildman–Crippen LogP) is 3.63. The fourth-order valence-corrected chi connectivity index (χ4v) is 0.912. The van der Waals surface area contributed by atoms with Crippen molar-refractivity contribution in [3.05, 3.63) is 23.7 Å². The molecule has 0 heterocycles. The van der Waals surface area contributed by atoms with E-state index < -0.39 is 0 Å². The van der Waals surface area contributed by atoms with Gasteiger partial charge < -0.3 is 4.74 Å². The molecule has 0 aliphatic rings. The predicted molar refractivity (Wildman–Crippen MR) is 49.2 cm³/mol. The van der Waals surface area contributed by atoms with Gasteiger partial charge in [0, 0.05) is 0 Å². The van der Waals surface area contributed by atoms with Crippen LogP contribution in [0, 0.1) is 0 Å².